The van der Waals surface area contributed by atoms with Crippen molar-refractivity contribution in [3.63, 3.8) is 0 Å². The summed E-state index contributed by atoms with van der Waals surface area (Å²) in [4.78, 5) is 32.5. The molecule has 3 aromatic rings. The molecule has 0 atom stereocenters. The predicted molar refractivity (Wildman–Crippen MR) is 182 cm³/mol. The number of nitrogens with zero attached hydrogens (tertiary/aromatic N) is 3. The van der Waals surface area contributed by atoms with Gasteiger partial charge >= 0.3 is 6.18 Å². The first-order valence-corrected chi connectivity index (χ1v) is 17.3. The first-order chi connectivity index (χ1) is 23.0. The Labute approximate surface area is 292 Å². The number of fused-ring (bicyclic) bond motifs is 1. The summed E-state index contributed by atoms with van der Waals surface area (Å²) < 4.78 is 69.9. The van der Waals surface area contributed by atoms with Crippen LogP contribution in [0.25, 0.3) is 11.0 Å². The second-order valence-electron chi connectivity index (χ2n) is 13.9. The molecule has 3 N–H and O–H groups in total. The van der Waals surface area contributed by atoms with E-state index in [1.165, 1.54) is 10.6 Å². The Morgan fingerprint density at radius 2 is 1.67 bits per heavy atom. The van der Waals surface area contributed by atoms with Crippen molar-refractivity contribution in [2.75, 3.05) is 23.3 Å². The van der Waals surface area contributed by atoms with Crippen molar-refractivity contribution >= 4 is 63.4 Å². The standard InChI is InChI=1S/C34H41Cl2F5N6O2/c1-33(2,3)31(49)42-17-19-9-10-23(35)29(28(19)36)45-32-44-24-15-22(30(48)43-21-7-5-4-6-8-21)25(16-26(24)47(32)18-27(37)38)46-13-11-20(12-14-46)34(39,40)41/h9-10,15-16,20-21,27H,4-8,11-14,17-18H2,1-3H3,(H,42,49)(H,43,48)(H,44,45). The van der Waals surface area contributed by atoms with Crippen LogP contribution in [0.15, 0.2) is 24.3 Å². The van der Waals surface area contributed by atoms with Crippen molar-refractivity contribution in [1.82, 2.24) is 20.2 Å². The number of alkyl halides is 5. The number of halogens is 7. The summed E-state index contributed by atoms with van der Waals surface area (Å²) in [6.07, 6.45) is -2.77. The Hall–Kier alpha value is -3.32. The maximum atomic E-state index is 14.1. The van der Waals surface area contributed by atoms with Gasteiger partial charge in [-0.05, 0) is 49.4 Å². The third-order valence-corrected chi connectivity index (χ3v) is 9.95. The maximum absolute atomic E-state index is 14.1. The highest BCUT2D eigenvalue weighted by molar-refractivity contribution is 6.39. The molecule has 2 aromatic carbocycles. The molecule has 2 amide bonds. The molecule has 1 saturated carbocycles. The quantitative estimate of drug-likeness (QED) is 0.192. The van der Waals surface area contributed by atoms with E-state index in [1.54, 1.807) is 43.9 Å². The smallest absolute Gasteiger partial charge is 0.371 e. The topological polar surface area (TPSA) is 91.3 Å². The van der Waals surface area contributed by atoms with Gasteiger partial charge in [0.15, 0.2) is 0 Å². The summed E-state index contributed by atoms with van der Waals surface area (Å²) in [5.41, 5.74) is 1.12. The average molecular weight is 732 g/mol. The zero-order valence-electron chi connectivity index (χ0n) is 27.6. The van der Waals surface area contributed by atoms with Crippen molar-refractivity contribution < 1.29 is 31.5 Å². The maximum Gasteiger partial charge on any atom is 0.391 e. The number of hydrogen-bond acceptors (Lipinski definition) is 5. The van der Waals surface area contributed by atoms with Crippen molar-refractivity contribution in [3.8, 4) is 0 Å². The normalized spacial score (nSPS) is 16.8. The van der Waals surface area contributed by atoms with Crippen molar-refractivity contribution in [2.24, 2.45) is 11.3 Å². The van der Waals surface area contributed by atoms with E-state index in [4.69, 9.17) is 23.2 Å². The first-order valence-electron chi connectivity index (χ1n) is 16.5. The molecule has 1 aliphatic heterocycles. The van der Waals surface area contributed by atoms with Gasteiger partial charge in [0.1, 0.15) is 0 Å². The number of hydrogen-bond donors (Lipinski definition) is 3. The molecule has 1 aromatic heterocycles. The summed E-state index contributed by atoms with van der Waals surface area (Å²) in [5, 5.41) is 9.22. The number of benzene rings is 2. The van der Waals surface area contributed by atoms with Gasteiger partial charge < -0.3 is 25.4 Å². The number of anilines is 3. The molecule has 2 aliphatic rings. The van der Waals surface area contributed by atoms with Gasteiger partial charge in [0.25, 0.3) is 12.3 Å². The van der Waals surface area contributed by atoms with Crippen LogP contribution >= 0.6 is 23.2 Å². The molecule has 0 radical (unpaired) electrons. The van der Waals surface area contributed by atoms with Crippen molar-refractivity contribution in [1.29, 1.82) is 0 Å². The Morgan fingerprint density at radius 1 is 1.00 bits per heavy atom. The molecule has 15 heteroatoms. The number of imidazole rings is 1. The number of carbonyl (C=O) groups is 2. The lowest BCUT2D eigenvalue weighted by Gasteiger charge is -2.35. The largest absolute Gasteiger partial charge is 0.391 e. The minimum atomic E-state index is -4.33. The zero-order valence-corrected chi connectivity index (χ0v) is 29.1. The lowest BCUT2D eigenvalue weighted by Crippen LogP contribution is -2.41. The van der Waals surface area contributed by atoms with Gasteiger partial charge in [0.05, 0.1) is 50.5 Å². The SMILES string of the molecule is CC(C)(C)C(=O)NCc1ccc(Cl)c(Nc2nc3cc(C(=O)NC4CCCCC4)c(N4CCC(C(F)(F)F)CC4)cc3n2CC(F)F)c1Cl. The van der Waals surface area contributed by atoms with E-state index < -0.39 is 36.4 Å². The molecule has 2 fully saturated rings. The highest BCUT2D eigenvalue weighted by Crippen LogP contribution is 2.40. The van der Waals surface area contributed by atoms with Crippen LogP contribution < -0.4 is 20.9 Å². The molecule has 0 bridgehead atoms. The van der Waals surface area contributed by atoms with E-state index in [0.29, 0.717) is 11.3 Å². The van der Waals surface area contributed by atoms with Crippen molar-refractivity contribution in [3.05, 3.63) is 45.4 Å². The fourth-order valence-corrected chi connectivity index (χ4v) is 6.91. The van der Waals surface area contributed by atoms with Gasteiger partial charge in [-0.2, -0.15) is 13.2 Å². The molecular formula is C34H41Cl2F5N6O2. The Morgan fingerprint density at radius 3 is 2.29 bits per heavy atom. The van der Waals surface area contributed by atoms with Gasteiger partial charge in [-0.25, -0.2) is 13.8 Å². The number of amides is 2. The van der Waals surface area contributed by atoms with Crippen molar-refractivity contribution in [2.45, 2.75) is 97.5 Å². The highest BCUT2D eigenvalue weighted by Gasteiger charge is 2.41. The third-order valence-electron chi connectivity index (χ3n) is 9.20. The Balaban J connectivity index is 1.54. The molecule has 49 heavy (non-hydrogen) atoms. The second-order valence-corrected chi connectivity index (χ2v) is 14.6. The summed E-state index contributed by atoms with van der Waals surface area (Å²) in [5.74, 6) is -2.08. The average Bonchev–Trinajstić information content (AvgIpc) is 3.36. The number of piperidine rings is 1. The Bertz CT molecular complexity index is 1680. The number of rotatable bonds is 9. The van der Waals surface area contributed by atoms with Gasteiger partial charge in [-0.15, -0.1) is 0 Å². The minimum absolute atomic E-state index is 0.0263. The van der Waals surface area contributed by atoms with Crippen LogP contribution in [0.5, 0.6) is 0 Å². The number of carbonyl (C=O) groups excluding carboxylic acids is 2. The molecule has 2 heterocycles. The molecule has 0 spiro atoms. The van der Waals surface area contributed by atoms with Crippen LogP contribution in [0.1, 0.15) is 81.6 Å². The van der Waals surface area contributed by atoms with Crippen LogP contribution in [0.4, 0.5) is 39.3 Å². The molecule has 1 saturated heterocycles. The lowest BCUT2D eigenvalue weighted by molar-refractivity contribution is -0.179. The zero-order chi connectivity index (χ0) is 35.7. The van der Waals surface area contributed by atoms with Crippen LogP contribution in [-0.2, 0) is 17.9 Å². The fraction of sp³-hybridized carbons (Fsp3) is 0.559. The summed E-state index contributed by atoms with van der Waals surface area (Å²) in [6.45, 7) is 4.70. The van der Waals surface area contributed by atoms with E-state index in [0.717, 1.165) is 32.1 Å². The molecule has 8 nitrogen and oxygen atoms in total. The van der Waals surface area contributed by atoms with Gasteiger partial charge in [-0.1, -0.05) is 69.3 Å². The molecule has 5 rings (SSSR count). The third kappa shape index (κ3) is 8.71. The summed E-state index contributed by atoms with van der Waals surface area (Å²) in [6, 6.07) is 6.23. The number of nitrogens with one attached hydrogen (secondary N) is 3. The second kappa shape index (κ2) is 14.9. The van der Waals surface area contributed by atoms with E-state index in [1.807, 2.05) is 0 Å². The Kier molecular flexibility index (Phi) is 11.2. The van der Waals surface area contributed by atoms with Crippen LogP contribution in [0.3, 0.4) is 0 Å². The molecule has 268 valence electrons. The predicted octanol–water partition coefficient (Wildman–Crippen LogP) is 8.86. The highest BCUT2D eigenvalue weighted by atomic mass is 35.5. The summed E-state index contributed by atoms with van der Waals surface area (Å²) >= 11 is 13.2. The van der Waals surface area contributed by atoms with Crippen LogP contribution in [0, 0.1) is 11.3 Å². The number of aromatic nitrogens is 2. The van der Waals surface area contributed by atoms with E-state index >= 15 is 0 Å². The summed E-state index contributed by atoms with van der Waals surface area (Å²) in [7, 11) is 0. The van der Waals surface area contributed by atoms with E-state index in [2.05, 4.69) is 20.9 Å². The lowest BCUT2D eigenvalue weighted by atomic mass is 9.94. The van der Waals surface area contributed by atoms with Gasteiger partial charge in [-0.3, -0.25) is 9.59 Å². The monoisotopic (exact) mass is 730 g/mol. The molecule has 1 aliphatic carbocycles. The van der Waals surface area contributed by atoms with Crippen LogP contribution in [0.2, 0.25) is 10.0 Å². The van der Waals surface area contributed by atoms with E-state index in [9.17, 15) is 31.5 Å². The van der Waals surface area contributed by atoms with Gasteiger partial charge in [0, 0.05) is 31.1 Å². The molecular weight excluding hydrogens is 690 g/mol. The fourth-order valence-electron chi connectivity index (χ4n) is 6.38. The van der Waals surface area contributed by atoms with Gasteiger partial charge in [0.2, 0.25) is 11.9 Å². The van der Waals surface area contributed by atoms with Crippen LogP contribution in [-0.4, -0.2) is 53.1 Å². The minimum Gasteiger partial charge on any atom is -0.371 e. The molecule has 0 unspecified atom stereocenters. The first kappa shape index (κ1) is 36.9. The van der Waals surface area contributed by atoms with E-state index in [-0.39, 0.29) is 82.7 Å².